The first-order valence-corrected chi connectivity index (χ1v) is 8.49. The van der Waals surface area contributed by atoms with E-state index in [2.05, 4.69) is 18.7 Å². The molecule has 0 saturated heterocycles. The lowest BCUT2D eigenvalue weighted by Crippen LogP contribution is -1.85. The summed E-state index contributed by atoms with van der Waals surface area (Å²) >= 11 is 0. The number of hydrogen-bond donors (Lipinski definition) is 0. The minimum absolute atomic E-state index is 1.04. The Morgan fingerprint density at radius 2 is 1.40 bits per heavy atom. The number of furan rings is 1. The van der Waals surface area contributed by atoms with Crippen LogP contribution in [0.4, 0.5) is 0 Å². The van der Waals surface area contributed by atoms with Gasteiger partial charge in [0.15, 0.2) is 0 Å². The van der Waals surface area contributed by atoms with Crippen molar-refractivity contribution in [2.45, 2.75) is 84.0 Å². The van der Waals surface area contributed by atoms with E-state index < -0.39 is 0 Å². The Labute approximate surface area is 125 Å². The van der Waals surface area contributed by atoms with Gasteiger partial charge in [0.05, 0.1) is 0 Å². The normalized spacial score (nSPS) is 10.8. The lowest BCUT2D eigenvalue weighted by atomic mass is 10.0. The topological polar surface area (TPSA) is 13.1 Å². The maximum atomic E-state index is 5.58. The first-order chi connectivity index (χ1) is 9.83. The average Bonchev–Trinajstić information content (AvgIpc) is 2.86. The molecule has 1 aromatic heterocycles. The van der Waals surface area contributed by atoms with Crippen LogP contribution >= 0.6 is 0 Å². The molecule has 1 nitrogen and oxygen atoms in total. The Balaban J connectivity index is 1.77. The molecular weight excluding hydrogens is 244 g/mol. The van der Waals surface area contributed by atoms with Crippen molar-refractivity contribution in [2.24, 2.45) is 0 Å². The highest BCUT2D eigenvalue weighted by Crippen LogP contribution is 2.14. The van der Waals surface area contributed by atoms with Crippen molar-refractivity contribution < 1.29 is 4.42 Å². The van der Waals surface area contributed by atoms with Crippen molar-refractivity contribution in [2.75, 3.05) is 0 Å². The van der Waals surface area contributed by atoms with Crippen molar-refractivity contribution in [1.29, 1.82) is 0 Å². The highest BCUT2D eigenvalue weighted by Gasteiger charge is 1.98. The molecule has 114 valence electrons. The summed E-state index contributed by atoms with van der Waals surface area (Å²) in [4.78, 5) is 0. The van der Waals surface area contributed by atoms with Crippen molar-refractivity contribution in [3.8, 4) is 0 Å². The zero-order chi connectivity index (χ0) is 14.5. The molecule has 0 N–H and O–H groups in total. The van der Waals surface area contributed by atoms with Crippen LogP contribution in [0.2, 0.25) is 0 Å². The van der Waals surface area contributed by atoms with E-state index in [0.717, 1.165) is 17.9 Å². The van der Waals surface area contributed by atoms with Gasteiger partial charge < -0.3 is 4.42 Å². The smallest absolute Gasteiger partial charge is 0.104 e. The SMILES string of the molecule is C=CCCCCCCCCCCCCc1ccc(C)o1. The third-order valence-electron chi connectivity index (χ3n) is 3.88. The zero-order valence-corrected chi connectivity index (χ0v) is 13.3. The molecule has 0 spiro atoms. The molecule has 0 saturated carbocycles. The fraction of sp³-hybridized carbons (Fsp3) is 0.684. The second-order valence-corrected chi connectivity index (χ2v) is 5.88. The quantitative estimate of drug-likeness (QED) is 0.292. The van der Waals surface area contributed by atoms with E-state index >= 15 is 0 Å². The Morgan fingerprint density at radius 3 is 1.90 bits per heavy atom. The molecule has 1 rings (SSSR count). The van der Waals surface area contributed by atoms with Crippen LogP contribution in [0.15, 0.2) is 29.2 Å². The van der Waals surface area contributed by atoms with E-state index in [1.165, 1.54) is 70.6 Å². The van der Waals surface area contributed by atoms with Gasteiger partial charge in [-0.25, -0.2) is 0 Å². The van der Waals surface area contributed by atoms with Gasteiger partial charge in [-0.2, -0.15) is 0 Å². The van der Waals surface area contributed by atoms with E-state index in [9.17, 15) is 0 Å². The van der Waals surface area contributed by atoms with Crippen LogP contribution in [0.25, 0.3) is 0 Å². The standard InChI is InChI=1S/C19H32O/c1-3-4-5-6-7-8-9-10-11-12-13-14-15-19-17-16-18(2)20-19/h3,16-17H,1,4-15H2,2H3. The Hall–Kier alpha value is -0.980. The fourth-order valence-corrected chi connectivity index (χ4v) is 2.62. The molecule has 0 fully saturated rings. The highest BCUT2D eigenvalue weighted by molar-refractivity contribution is 5.05. The van der Waals surface area contributed by atoms with E-state index in [4.69, 9.17) is 4.42 Å². The molecule has 0 aliphatic carbocycles. The van der Waals surface area contributed by atoms with Gasteiger partial charge in [-0.15, -0.1) is 6.58 Å². The number of aryl methyl sites for hydroxylation is 2. The van der Waals surface area contributed by atoms with E-state index in [1.807, 2.05) is 13.0 Å². The number of unbranched alkanes of at least 4 members (excludes halogenated alkanes) is 10. The summed E-state index contributed by atoms with van der Waals surface area (Å²) in [5.41, 5.74) is 0. The summed E-state index contributed by atoms with van der Waals surface area (Å²) in [6, 6.07) is 4.17. The molecule has 0 bridgehead atoms. The molecule has 0 amide bonds. The molecule has 0 aliphatic rings. The maximum absolute atomic E-state index is 5.58. The van der Waals surface area contributed by atoms with Crippen LogP contribution in [0.5, 0.6) is 0 Å². The molecule has 0 radical (unpaired) electrons. The Morgan fingerprint density at radius 1 is 0.850 bits per heavy atom. The summed E-state index contributed by atoms with van der Waals surface area (Å²) < 4.78 is 5.58. The highest BCUT2D eigenvalue weighted by atomic mass is 16.3. The van der Waals surface area contributed by atoms with Crippen LogP contribution in [-0.2, 0) is 6.42 Å². The van der Waals surface area contributed by atoms with Crippen LogP contribution in [0.3, 0.4) is 0 Å². The van der Waals surface area contributed by atoms with Gasteiger partial charge in [-0.3, -0.25) is 0 Å². The van der Waals surface area contributed by atoms with Crippen LogP contribution in [0.1, 0.15) is 82.1 Å². The lowest BCUT2D eigenvalue weighted by molar-refractivity contribution is 0.469. The third-order valence-corrected chi connectivity index (χ3v) is 3.88. The van der Waals surface area contributed by atoms with E-state index in [-0.39, 0.29) is 0 Å². The molecule has 1 heteroatoms. The molecular formula is C19H32O. The first kappa shape index (κ1) is 17.1. The predicted molar refractivity (Wildman–Crippen MR) is 88.1 cm³/mol. The van der Waals surface area contributed by atoms with Crippen molar-refractivity contribution in [1.82, 2.24) is 0 Å². The van der Waals surface area contributed by atoms with Gasteiger partial charge in [0, 0.05) is 6.42 Å². The van der Waals surface area contributed by atoms with Gasteiger partial charge in [-0.1, -0.05) is 57.4 Å². The van der Waals surface area contributed by atoms with Crippen LogP contribution in [-0.4, -0.2) is 0 Å². The molecule has 0 atom stereocenters. The van der Waals surface area contributed by atoms with Crippen LogP contribution < -0.4 is 0 Å². The molecule has 20 heavy (non-hydrogen) atoms. The second-order valence-electron chi connectivity index (χ2n) is 5.88. The van der Waals surface area contributed by atoms with Gasteiger partial charge in [0.1, 0.15) is 11.5 Å². The van der Waals surface area contributed by atoms with Crippen molar-refractivity contribution in [3.05, 3.63) is 36.3 Å². The summed E-state index contributed by atoms with van der Waals surface area (Å²) in [5.74, 6) is 2.19. The maximum Gasteiger partial charge on any atom is 0.104 e. The Bertz CT molecular complexity index is 337. The number of rotatable bonds is 13. The van der Waals surface area contributed by atoms with Gasteiger partial charge in [0.25, 0.3) is 0 Å². The van der Waals surface area contributed by atoms with Crippen molar-refractivity contribution in [3.63, 3.8) is 0 Å². The van der Waals surface area contributed by atoms with E-state index in [1.54, 1.807) is 0 Å². The lowest BCUT2D eigenvalue weighted by Gasteiger charge is -2.02. The van der Waals surface area contributed by atoms with Gasteiger partial charge in [-0.05, 0) is 38.3 Å². The van der Waals surface area contributed by atoms with Gasteiger partial charge in [0.2, 0.25) is 0 Å². The third kappa shape index (κ3) is 9.01. The summed E-state index contributed by atoms with van der Waals surface area (Å²) in [6.45, 7) is 5.77. The number of hydrogen-bond acceptors (Lipinski definition) is 1. The predicted octanol–water partition coefficient (Wildman–Crippen LogP) is 6.61. The second kappa shape index (κ2) is 11.8. The van der Waals surface area contributed by atoms with Crippen molar-refractivity contribution >= 4 is 0 Å². The van der Waals surface area contributed by atoms with E-state index in [0.29, 0.717) is 0 Å². The molecule has 0 aliphatic heterocycles. The van der Waals surface area contributed by atoms with Crippen LogP contribution in [0, 0.1) is 6.92 Å². The minimum atomic E-state index is 1.04. The summed E-state index contributed by atoms with van der Waals surface area (Å²) in [7, 11) is 0. The largest absolute Gasteiger partial charge is 0.466 e. The molecule has 1 heterocycles. The summed E-state index contributed by atoms with van der Waals surface area (Å²) in [6.07, 6.45) is 18.1. The minimum Gasteiger partial charge on any atom is -0.466 e. The number of allylic oxidation sites excluding steroid dienone is 1. The molecule has 1 aromatic rings. The van der Waals surface area contributed by atoms with Gasteiger partial charge >= 0.3 is 0 Å². The summed E-state index contributed by atoms with van der Waals surface area (Å²) in [5, 5.41) is 0. The average molecular weight is 276 g/mol. The first-order valence-electron chi connectivity index (χ1n) is 8.49. The fourth-order valence-electron chi connectivity index (χ4n) is 2.62. The Kier molecular flexibility index (Phi) is 10.1. The molecule has 0 aromatic carbocycles. The monoisotopic (exact) mass is 276 g/mol. The molecule has 0 unspecified atom stereocenters. The zero-order valence-electron chi connectivity index (χ0n) is 13.3.